The van der Waals surface area contributed by atoms with Crippen LogP contribution in [-0.2, 0) is 10.2 Å². The molecule has 0 bridgehead atoms. The minimum atomic E-state index is -0.269. The molecule has 1 aromatic heterocycles. The fourth-order valence-electron chi connectivity index (χ4n) is 1.40. The van der Waals surface area contributed by atoms with E-state index in [2.05, 4.69) is 18.6 Å². The van der Waals surface area contributed by atoms with Crippen molar-refractivity contribution >= 4 is 17.3 Å². The molecule has 0 radical (unpaired) electrons. The number of ether oxygens (including phenoxy) is 1. The van der Waals surface area contributed by atoms with E-state index in [4.69, 9.17) is 5.73 Å². The van der Waals surface area contributed by atoms with Gasteiger partial charge in [-0.1, -0.05) is 13.8 Å². The van der Waals surface area contributed by atoms with E-state index < -0.39 is 0 Å². The van der Waals surface area contributed by atoms with Crippen LogP contribution in [0, 0.1) is 0 Å². The van der Waals surface area contributed by atoms with Crippen LogP contribution in [0.1, 0.15) is 34.8 Å². The van der Waals surface area contributed by atoms with Crippen LogP contribution >= 0.6 is 11.3 Å². The zero-order valence-corrected chi connectivity index (χ0v) is 10.2. The van der Waals surface area contributed by atoms with Gasteiger partial charge in [0, 0.05) is 10.3 Å². The van der Waals surface area contributed by atoms with E-state index in [1.54, 1.807) is 0 Å². The van der Waals surface area contributed by atoms with Gasteiger partial charge in [0.1, 0.15) is 4.88 Å². The number of thiophene rings is 1. The van der Waals surface area contributed by atoms with Gasteiger partial charge in [-0.25, -0.2) is 4.79 Å². The Morgan fingerprint density at radius 1 is 1.53 bits per heavy atom. The van der Waals surface area contributed by atoms with E-state index in [-0.39, 0.29) is 11.4 Å². The Morgan fingerprint density at radius 3 is 2.73 bits per heavy atom. The molecule has 0 aliphatic heterocycles. The number of carbonyl (C=O) groups is 1. The molecule has 0 aliphatic rings. The predicted molar refractivity (Wildman–Crippen MR) is 62.4 cm³/mol. The minimum Gasteiger partial charge on any atom is -0.465 e. The van der Waals surface area contributed by atoms with Crippen LogP contribution in [0.2, 0.25) is 0 Å². The normalized spacial score (nSPS) is 11.5. The summed E-state index contributed by atoms with van der Waals surface area (Å²) in [5.41, 5.74) is 5.59. The van der Waals surface area contributed by atoms with Gasteiger partial charge in [0.25, 0.3) is 0 Å². The summed E-state index contributed by atoms with van der Waals surface area (Å²) < 4.78 is 4.67. The quantitative estimate of drug-likeness (QED) is 0.802. The molecule has 15 heavy (non-hydrogen) atoms. The van der Waals surface area contributed by atoms with E-state index in [0.29, 0.717) is 11.4 Å². The van der Waals surface area contributed by atoms with Gasteiger partial charge in [0.05, 0.1) is 7.11 Å². The summed E-state index contributed by atoms with van der Waals surface area (Å²) in [6.45, 7) is 4.91. The minimum absolute atomic E-state index is 0.0334. The van der Waals surface area contributed by atoms with Crippen LogP contribution in [0.4, 0.5) is 0 Å². The van der Waals surface area contributed by atoms with Gasteiger partial charge in [-0.05, 0) is 25.1 Å². The Morgan fingerprint density at radius 2 is 2.20 bits per heavy atom. The molecule has 0 atom stereocenters. The number of methoxy groups -OCH3 is 1. The standard InChI is InChI=1S/C11H17NO2S/c1-11(2,6-7-12)9-5-4-8(15-9)10(13)14-3/h4-5H,6-7,12H2,1-3H3. The van der Waals surface area contributed by atoms with Crippen molar-refractivity contribution in [1.82, 2.24) is 0 Å². The number of hydrogen-bond acceptors (Lipinski definition) is 4. The highest BCUT2D eigenvalue weighted by atomic mass is 32.1. The van der Waals surface area contributed by atoms with Crippen molar-refractivity contribution in [3.63, 3.8) is 0 Å². The number of rotatable bonds is 4. The van der Waals surface area contributed by atoms with Crippen LogP contribution in [-0.4, -0.2) is 19.6 Å². The second kappa shape index (κ2) is 4.77. The van der Waals surface area contributed by atoms with Crippen molar-refractivity contribution in [2.75, 3.05) is 13.7 Å². The fraction of sp³-hybridized carbons (Fsp3) is 0.545. The molecule has 0 unspecified atom stereocenters. The first-order valence-corrected chi connectivity index (χ1v) is 5.71. The average molecular weight is 227 g/mol. The van der Waals surface area contributed by atoms with Gasteiger partial charge in [0.15, 0.2) is 0 Å². The summed E-state index contributed by atoms with van der Waals surface area (Å²) in [5, 5.41) is 0. The molecule has 1 rings (SSSR count). The van der Waals surface area contributed by atoms with Crippen molar-refractivity contribution in [2.24, 2.45) is 5.73 Å². The lowest BCUT2D eigenvalue weighted by Crippen LogP contribution is -2.20. The van der Waals surface area contributed by atoms with Crippen molar-refractivity contribution in [1.29, 1.82) is 0 Å². The first-order chi connectivity index (χ1) is 7.01. The Bertz CT molecular complexity index is 344. The second-order valence-electron chi connectivity index (χ2n) is 4.08. The number of nitrogens with two attached hydrogens (primary N) is 1. The lowest BCUT2D eigenvalue weighted by Gasteiger charge is -2.21. The first kappa shape index (κ1) is 12.2. The van der Waals surface area contributed by atoms with Gasteiger partial charge in [-0.2, -0.15) is 0 Å². The summed E-state index contributed by atoms with van der Waals surface area (Å²) in [6, 6.07) is 3.79. The predicted octanol–water partition coefficient (Wildman–Crippen LogP) is 2.16. The summed E-state index contributed by atoms with van der Waals surface area (Å²) in [6.07, 6.45) is 0.911. The monoisotopic (exact) mass is 227 g/mol. The van der Waals surface area contributed by atoms with E-state index in [1.165, 1.54) is 23.3 Å². The third-order valence-corrected chi connectivity index (χ3v) is 3.86. The van der Waals surface area contributed by atoms with Gasteiger partial charge in [0.2, 0.25) is 0 Å². The maximum absolute atomic E-state index is 11.3. The average Bonchev–Trinajstić information content (AvgIpc) is 2.66. The first-order valence-electron chi connectivity index (χ1n) is 4.90. The molecular formula is C11H17NO2S. The SMILES string of the molecule is COC(=O)c1ccc(C(C)(C)CCN)s1. The summed E-state index contributed by atoms with van der Waals surface area (Å²) in [4.78, 5) is 13.1. The Balaban J connectivity index is 2.88. The van der Waals surface area contributed by atoms with Gasteiger partial charge in [-0.15, -0.1) is 11.3 Å². The number of esters is 1. The number of carbonyl (C=O) groups excluding carboxylic acids is 1. The Hall–Kier alpha value is -0.870. The lowest BCUT2D eigenvalue weighted by molar-refractivity contribution is 0.0606. The van der Waals surface area contributed by atoms with Crippen molar-refractivity contribution in [2.45, 2.75) is 25.7 Å². The molecular weight excluding hydrogens is 210 g/mol. The Labute approximate surface area is 94.2 Å². The highest BCUT2D eigenvalue weighted by Crippen LogP contribution is 2.32. The Kier molecular flexibility index (Phi) is 3.88. The van der Waals surface area contributed by atoms with E-state index in [9.17, 15) is 4.79 Å². The van der Waals surface area contributed by atoms with Gasteiger partial charge >= 0.3 is 5.97 Å². The molecule has 0 saturated carbocycles. The van der Waals surface area contributed by atoms with Crippen LogP contribution in [0.3, 0.4) is 0 Å². The molecule has 0 fully saturated rings. The molecule has 3 nitrogen and oxygen atoms in total. The zero-order chi connectivity index (χ0) is 11.5. The van der Waals surface area contributed by atoms with Gasteiger partial charge in [-0.3, -0.25) is 0 Å². The van der Waals surface area contributed by atoms with Crippen LogP contribution < -0.4 is 5.73 Å². The highest BCUT2D eigenvalue weighted by molar-refractivity contribution is 7.14. The van der Waals surface area contributed by atoms with Crippen molar-refractivity contribution < 1.29 is 9.53 Å². The molecule has 0 amide bonds. The number of hydrogen-bond donors (Lipinski definition) is 1. The van der Waals surface area contributed by atoms with Crippen LogP contribution in [0.15, 0.2) is 12.1 Å². The largest absolute Gasteiger partial charge is 0.465 e. The molecule has 1 aromatic rings. The van der Waals surface area contributed by atoms with Crippen molar-refractivity contribution in [3.8, 4) is 0 Å². The van der Waals surface area contributed by atoms with Gasteiger partial charge < -0.3 is 10.5 Å². The smallest absolute Gasteiger partial charge is 0.348 e. The molecule has 0 saturated heterocycles. The fourth-order valence-corrected chi connectivity index (χ4v) is 2.45. The van der Waals surface area contributed by atoms with Crippen LogP contribution in [0.25, 0.3) is 0 Å². The zero-order valence-electron chi connectivity index (χ0n) is 9.37. The summed E-state index contributed by atoms with van der Waals surface area (Å²) >= 11 is 1.48. The second-order valence-corrected chi connectivity index (χ2v) is 5.16. The molecule has 2 N–H and O–H groups in total. The van der Waals surface area contributed by atoms with Crippen molar-refractivity contribution in [3.05, 3.63) is 21.9 Å². The molecule has 0 spiro atoms. The molecule has 0 aliphatic carbocycles. The van der Waals surface area contributed by atoms with E-state index in [0.717, 1.165) is 6.42 Å². The third-order valence-electron chi connectivity index (χ3n) is 2.43. The third kappa shape index (κ3) is 2.79. The van der Waals surface area contributed by atoms with E-state index >= 15 is 0 Å². The summed E-state index contributed by atoms with van der Waals surface area (Å²) in [5.74, 6) is -0.269. The topological polar surface area (TPSA) is 52.3 Å². The summed E-state index contributed by atoms with van der Waals surface area (Å²) in [7, 11) is 1.40. The highest BCUT2D eigenvalue weighted by Gasteiger charge is 2.23. The molecule has 1 heterocycles. The molecule has 84 valence electrons. The maximum Gasteiger partial charge on any atom is 0.348 e. The van der Waals surface area contributed by atoms with E-state index in [1.807, 2.05) is 12.1 Å². The lowest BCUT2D eigenvalue weighted by atomic mass is 9.88. The molecule has 0 aromatic carbocycles. The molecule has 4 heteroatoms. The van der Waals surface area contributed by atoms with Crippen LogP contribution in [0.5, 0.6) is 0 Å². The maximum atomic E-state index is 11.3.